The number of methoxy groups -OCH3 is 1. The molecule has 1 saturated carbocycles. The Kier molecular flexibility index (Phi) is 5.61. The van der Waals surface area contributed by atoms with E-state index in [0.717, 1.165) is 18.2 Å². The molecule has 1 unspecified atom stereocenters. The topological polar surface area (TPSA) is 97.6 Å². The maximum absolute atomic E-state index is 12.9. The summed E-state index contributed by atoms with van der Waals surface area (Å²) in [5.74, 6) is 0.768. The minimum atomic E-state index is -3.66. The first-order chi connectivity index (χ1) is 14.3. The van der Waals surface area contributed by atoms with Crippen LogP contribution in [0.2, 0.25) is 0 Å². The molecule has 0 saturated heterocycles. The molecule has 0 aliphatic heterocycles. The summed E-state index contributed by atoms with van der Waals surface area (Å²) < 4.78 is 39.3. The SMILES string of the molecule is COc1cccc2cc(C(C)NC(=O)c3cc(S(=O)(=O)NC4CC4)ccc3Br)oc12. The number of para-hydroxylation sites is 1. The summed E-state index contributed by atoms with van der Waals surface area (Å²) in [6, 6.07) is 11.4. The Bertz CT molecular complexity index is 1220. The van der Waals surface area contributed by atoms with E-state index in [1.807, 2.05) is 18.2 Å². The van der Waals surface area contributed by atoms with Gasteiger partial charge < -0.3 is 14.5 Å². The number of fused-ring (bicyclic) bond motifs is 1. The zero-order valence-corrected chi connectivity index (χ0v) is 18.8. The Morgan fingerprint density at radius 2 is 2.00 bits per heavy atom. The van der Waals surface area contributed by atoms with Gasteiger partial charge in [-0.2, -0.15) is 0 Å². The molecule has 1 atom stereocenters. The largest absolute Gasteiger partial charge is 0.493 e. The highest BCUT2D eigenvalue weighted by atomic mass is 79.9. The van der Waals surface area contributed by atoms with Crippen molar-refractivity contribution in [3.63, 3.8) is 0 Å². The second-order valence-electron chi connectivity index (χ2n) is 7.26. The van der Waals surface area contributed by atoms with Gasteiger partial charge in [-0.25, -0.2) is 13.1 Å². The lowest BCUT2D eigenvalue weighted by Gasteiger charge is -2.14. The molecule has 9 heteroatoms. The van der Waals surface area contributed by atoms with Crippen molar-refractivity contribution in [2.75, 3.05) is 7.11 Å². The zero-order chi connectivity index (χ0) is 21.5. The number of rotatable bonds is 7. The van der Waals surface area contributed by atoms with E-state index in [1.54, 1.807) is 26.2 Å². The van der Waals surface area contributed by atoms with Gasteiger partial charge >= 0.3 is 0 Å². The van der Waals surface area contributed by atoms with Crippen LogP contribution in [0.3, 0.4) is 0 Å². The van der Waals surface area contributed by atoms with Gasteiger partial charge in [-0.3, -0.25) is 4.79 Å². The van der Waals surface area contributed by atoms with Gasteiger partial charge in [-0.1, -0.05) is 12.1 Å². The molecule has 0 radical (unpaired) electrons. The number of benzene rings is 2. The van der Waals surface area contributed by atoms with Crippen LogP contribution in [0.25, 0.3) is 11.0 Å². The summed E-state index contributed by atoms with van der Waals surface area (Å²) in [6.07, 6.45) is 1.67. The fraction of sp³-hybridized carbons (Fsp3) is 0.286. The second kappa shape index (κ2) is 8.05. The molecule has 30 heavy (non-hydrogen) atoms. The Morgan fingerprint density at radius 3 is 2.70 bits per heavy atom. The molecular formula is C21H21BrN2O5S. The normalized spacial score (nSPS) is 15.2. The molecule has 1 aliphatic rings. The first-order valence-corrected chi connectivity index (χ1v) is 11.8. The van der Waals surface area contributed by atoms with Crippen LogP contribution in [-0.2, 0) is 10.0 Å². The van der Waals surface area contributed by atoms with E-state index in [2.05, 4.69) is 26.0 Å². The van der Waals surface area contributed by atoms with Gasteiger partial charge in [0.1, 0.15) is 5.76 Å². The number of furan rings is 1. The summed E-state index contributed by atoms with van der Waals surface area (Å²) in [4.78, 5) is 12.9. The minimum Gasteiger partial charge on any atom is -0.493 e. The number of carbonyl (C=O) groups excluding carboxylic acids is 1. The van der Waals surface area contributed by atoms with Crippen molar-refractivity contribution in [2.45, 2.75) is 36.7 Å². The standard InChI is InChI=1S/C21H21BrN2O5S/c1-12(19-10-13-4-3-5-18(28-2)20(13)29-19)23-21(25)16-11-15(8-9-17(16)22)30(26,27)24-14-6-7-14/h3-5,8-12,14,24H,6-7H2,1-2H3,(H,23,25). The summed E-state index contributed by atoms with van der Waals surface area (Å²) >= 11 is 3.34. The van der Waals surface area contributed by atoms with Gasteiger partial charge in [0.25, 0.3) is 5.91 Å². The molecule has 1 aliphatic carbocycles. The Hall–Kier alpha value is -2.36. The predicted octanol–water partition coefficient (Wildman–Crippen LogP) is 4.14. The van der Waals surface area contributed by atoms with Crippen LogP contribution in [0.4, 0.5) is 0 Å². The lowest BCUT2D eigenvalue weighted by Crippen LogP contribution is -2.28. The quantitative estimate of drug-likeness (QED) is 0.516. The van der Waals surface area contributed by atoms with Crippen molar-refractivity contribution in [1.29, 1.82) is 0 Å². The van der Waals surface area contributed by atoms with Crippen molar-refractivity contribution < 1.29 is 22.4 Å². The molecule has 1 amide bonds. The van der Waals surface area contributed by atoms with Crippen LogP contribution < -0.4 is 14.8 Å². The summed E-state index contributed by atoms with van der Waals surface area (Å²) in [6.45, 7) is 1.80. The monoisotopic (exact) mass is 492 g/mol. The Balaban J connectivity index is 1.57. The molecule has 0 bridgehead atoms. The first kappa shape index (κ1) is 20.9. The van der Waals surface area contributed by atoms with Crippen LogP contribution >= 0.6 is 15.9 Å². The molecule has 7 nitrogen and oxygen atoms in total. The van der Waals surface area contributed by atoms with Crippen molar-refractivity contribution in [3.05, 3.63) is 58.3 Å². The van der Waals surface area contributed by atoms with E-state index in [0.29, 0.717) is 21.6 Å². The van der Waals surface area contributed by atoms with Crippen molar-refractivity contribution >= 4 is 42.8 Å². The molecule has 2 N–H and O–H groups in total. The summed E-state index contributed by atoms with van der Waals surface area (Å²) in [7, 11) is -2.09. The summed E-state index contributed by atoms with van der Waals surface area (Å²) in [5.41, 5.74) is 0.839. The molecule has 3 aromatic rings. The van der Waals surface area contributed by atoms with Gasteiger partial charge in [0.15, 0.2) is 11.3 Å². The molecule has 4 rings (SSSR count). The lowest BCUT2D eigenvalue weighted by atomic mass is 10.1. The average Bonchev–Trinajstić information content (AvgIpc) is 3.39. The van der Waals surface area contributed by atoms with E-state index in [9.17, 15) is 13.2 Å². The van der Waals surface area contributed by atoms with Gasteiger partial charge in [-0.05, 0) is 66.0 Å². The van der Waals surface area contributed by atoms with Crippen molar-refractivity contribution in [2.24, 2.45) is 0 Å². The number of sulfonamides is 1. The smallest absolute Gasteiger partial charge is 0.253 e. The van der Waals surface area contributed by atoms with Gasteiger partial charge in [-0.15, -0.1) is 0 Å². The fourth-order valence-electron chi connectivity index (χ4n) is 3.11. The average molecular weight is 493 g/mol. The number of carbonyl (C=O) groups is 1. The number of nitrogens with one attached hydrogen (secondary N) is 2. The number of halogens is 1. The second-order valence-corrected chi connectivity index (χ2v) is 9.83. The third kappa shape index (κ3) is 4.23. The van der Waals surface area contributed by atoms with Gasteiger partial charge in [0.2, 0.25) is 10.0 Å². The predicted molar refractivity (Wildman–Crippen MR) is 116 cm³/mol. The molecule has 0 spiro atoms. The van der Waals surface area contributed by atoms with Crippen LogP contribution in [0.15, 0.2) is 56.2 Å². The summed E-state index contributed by atoms with van der Waals surface area (Å²) in [5, 5.41) is 3.73. The van der Waals surface area contributed by atoms with Crippen molar-refractivity contribution in [3.8, 4) is 5.75 Å². The van der Waals surface area contributed by atoms with Gasteiger partial charge in [0.05, 0.1) is 23.6 Å². The van der Waals surface area contributed by atoms with E-state index < -0.39 is 22.0 Å². The maximum Gasteiger partial charge on any atom is 0.253 e. The van der Waals surface area contributed by atoms with E-state index in [4.69, 9.17) is 9.15 Å². The number of hydrogen-bond donors (Lipinski definition) is 2. The Labute approximate surface area is 183 Å². The minimum absolute atomic E-state index is 0.0129. The third-order valence-corrected chi connectivity index (χ3v) is 7.12. The molecule has 1 fully saturated rings. The molecule has 1 aromatic heterocycles. The van der Waals surface area contributed by atoms with E-state index >= 15 is 0 Å². The molecule has 1 heterocycles. The fourth-order valence-corrected chi connectivity index (χ4v) is 4.87. The molecule has 2 aromatic carbocycles. The van der Waals surface area contributed by atoms with Crippen LogP contribution in [0.5, 0.6) is 5.75 Å². The molecule has 158 valence electrons. The maximum atomic E-state index is 12.9. The third-order valence-electron chi connectivity index (χ3n) is 4.91. The zero-order valence-electron chi connectivity index (χ0n) is 16.4. The van der Waals surface area contributed by atoms with Crippen LogP contribution in [0.1, 0.15) is 41.9 Å². The number of amides is 1. The van der Waals surface area contributed by atoms with Gasteiger partial charge in [0, 0.05) is 15.9 Å². The highest BCUT2D eigenvalue weighted by molar-refractivity contribution is 9.10. The van der Waals surface area contributed by atoms with Crippen LogP contribution in [0, 0.1) is 0 Å². The highest BCUT2D eigenvalue weighted by Gasteiger charge is 2.29. The van der Waals surface area contributed by atoms with Crippen molar-refractivity contribution in [1.82, 2.24) is 10.0 Å². The molecular weight excluding hydrogens is 472 g/mol. The number of hydrogen-bond acceptors (Lipinski definition) is 5. The van der Waals surface area contributed by atoms with Crippen LogP contribution in [-0.4, -0.2) is 27.5 Å². The van der Waals surface area contributed by atoms with E-state index in [-0.39, 0.29) is 16.5 Å². The highest BCUT2D eigenvalue weighted by Crippen LogP contribution is 2.31. The Morgan fingerprint density at radius 1 is 1.23 bits per heavy atom. The van der Waals surface area contributed by atoms with E-state index in [1.165, 1.54) is 12.1 Å². The number of ether oxygens (including phenoxy) is 1. The lowest BCUT2D eigenvalue weighted by molar-refractivity contribution is 0.0934. The first-order valence-electron chi connectivity index (χ1n) is 9.47.